The second-order valence-electron chi connectivity index (χ2n) is 6.58. The first-order chi connectivity index (χ1) is 11.1. The van der Waals surface area contributed by atoms with E-state index in [2.05, 4.69) is 10.3 Å². The number of nitrogens with one attached hydrogen (secondary N) is 1. The van der Waals surface area contributed by atoms with Crippen molar-refractivity contribution in [1.29, 1.82) is 0 Å². The van der Waals surface area contributed by atoms with Crippen LogP contribution in [0.3, 0.4) is 0 Å². The Bertz CT molecular complexity index is 787. The first kappa shape index (κ1) is 14.8. The summed E-state index contributed by atoms with van der Waals surface area (Å²) in [5.41, 5.74) is 0.550. The van der Waals surface area contributed by atoms with Gasteiger partial charge in [-0.15, -0.1) is 0 Å². The summed E-state index contributed by atoms with van der Waals surface area (Å²) in [6.07, 6.45) is 2.52. The summed E-state index contributed by atoms with van der Waals surface area (Å²) in [7, 11) is 0. The molecule has 0 aliphatic carbocycles. The fourth-order valence-corrected chi connectivity index (χ4v) is 3.76. The fraction of sp³-hybridized carbons (Fsp3) is 0.529. The lowest BCUT2D eigenvalue weighted by Gasteiger charge is -2.25. The lowest BCUT2D eigenvalue weighted by atomic mass is 9.99. The fourth-order valence-electron chi connectivity index (χ4n) is 3.76. The van der Waals surface area contributed by atoms with Gasteiger partial charge < -0.3 is 15.2 Å². The van der Waals surface area contributed by atoms with Crippen LogP contribution in [0.4, 0.5) is 0 Å². The van der Waals surface area contributed by atoms with E-state index in [1.54, 1.807) is 13.0 Å². The van der Waals surface area contributed by atoms with Gasteiger partial charge in [0.2, 0.25) is 0 Å². The molecule has 1 unspecified atom stereocenters. The minimum absolute atomic E-state index is 0.0261. The molecule has 1 aromatic heterocycles. The molecule has 0 saturated carbocycles. The highest BCUT2D eigenvalue weighted by Gasteiger charge is 2.46. The summed E-state index contributed by atoms with van der Waals surface area (Å²) >= 11 is 0. The molecule has 2 saturated heterocycles. The molecule has 4 rings (SSSR count). The van der Waals surface area contributed by atoms with Crippen LogP contribution >= 0.6 is 0 Å². The number of hydrogen-bond acceptors (Lipinski definition) is 5. The third-order valence-corrected chi connectivity index (χ3v) is 4.89. The number of hydrogen-bond donors (Lipinski definition) is 2. The van der Waals surface area contributed by atoms with Gasteiger partial charge in [0.15, 0.2) is 5.79 Å². The van der Waals surface area contributed by atoms with Crippen molar-refractivity contribution in [2.75, 3.05) is 6.54 Å². The van der Waals surface area contributed by atoms with Crippen LogP contribution in [0.15, 0.2) is 29.1 Å². The number of aryl methyl sites for hydroxylation is 1. The number of rotatable bonds is 2. The second-order valence-corrected chi connectivity index (χ2v) is 6.58. The number of para-hydroxylation sites is 1. The summed E-state index contributed by atoms with van der Waals surface area (Å²) in [4.78, 5) is 17.2. The number of aliphatic hydroxyl groups is 1. The lowest BCUT2D eigenvalue weighted by Crippen LogP contribution is -2.41. The molecule has 0 radical (unpaired) electrons. The molecule has 0 amide bonds. The third-order valence-electron chi connectivity index (χ3n) is 4.89. The van der Waals surface area contributed by atoms with E-state index in [0.717, 1.165) is 19.4 Å². The van der Waals surface area contributed by atoms with Gasteiger partial charge in [0.05, 0.1) is 23.6 Å². The standard InChI is InChI=1S/C17H21N3O3/c1-11-19-13-6-3-2-5-12(13)16(21)20(11)10-17(22)9-14-15(23-17)7-4-8-18-14/h2-3,5-6,14-15,18,22H,4,7-10H2,1H3/t14-,15-,17?/m0/s1. The number of aromatic nitrogens is 2. The number of piperidine rings is 1. The second kappa shape index (κ2) is 5.40. The van der Waals surface area contributed by atoms with Crippen molar-refractivity contribution < 1.29 is 9.84 Å². The normalized spacial score (nSPS) is 30.5. The molecule has 122 valence electrons. The van der Waals surface area contributed by atoms with Crippen molar-refractivity contribution in [2.24, 2.45) is 0 Å². The average molecular weight is 315 g/mol. The summed E-state index contributed by atoms with van der Waals surface area (Å²) in [5.74, 6) is -0.723. The SMILES string of the molecule is Cc1nc2ccccc2c(=O)n1CC1(O)C[C@@H]2NCCC[C@@H]2O1. The predicted octanol–water partition coefficient (Wildman–Crippen LogP) is 0.934. The molecule has 0 bridgehead atoms. The van der Waals surface area contributed by atoms with Gasteiger partial charge in [-0.3, -0.25) is 9.36 Å². The van der Waals surface area contributed by atoms with E-state index in [9.17, 15) is 9.90 Å². The van der Waals surface area contributed by atoms with Crippen molar-refractivity contribution in [3.8, 4) is 0 Å². The molecule has 3 atom stereocenters. The zero-order valence-electron chi connectivity index (χ0n) is 13.2. The maximum atomic E-state index is 12.7. The van der Waals surface area contributed by atoms with Gasteiger partial charge in [-0.2, -0.15) is 0 Å². The highest BCUT2D eigenvalue weighted by molar-refractivity contribution is 5.77. The molecular weight excluding hydrogens is 294 g/mol. The van der Waals surface area contributed by atoms with E-state index < -0.39 is 5.79 Å². The van der Waals surface area contributed by atoms with Gasteiger partial charge in [-0.25, -0.2) is 4.98 Å². The van der Waals surface area contributed by atoms with Crippen LogP contribution < -0.4 is 10.9 Å². The van der Waals surface area contributed by atoms with E-state index in [0.29, 0.717) is 23.1 Å². The van der Waals surface area contributed by atoms with Crippen LogP contribution in [0.1, 0.15) is 25.1 Å². The zero-order chi connectivity index (χ0) is 16.0. The van der Waals surface area contributed by atoms with Crippen LogP contribution in [0.2, 0.25) is 0 Å². The number of nitrogens with zero attached hydrogens (tertiary/aromatic N) is 2. The summed E-state index contributed by atoms with van der Waals surface area (Å²) in [6, 6.07) is 7.44. The molecule has 3 heterocycles. The molecule has 2 aliphatic rings. The monoisotopic (exact) mass is 315 g/mol. The molecule has 1 aromatic carbocycles. The Kier molecular flexibility index (Phi) is 3.48. The van der Waals surface area contributed by atoms with Crippen molar-refractivity contribution in [3.63, 3.8) is 0 Å². The van der Waals surface area contributed by atoms with Crippen molar-refractivity contribution >= 4 is 10.9 Å². The highest BCUT2D eigenvalue weighted by Crippen LogP contribution is 2.34. The van der Waals surface area contributed by atoms with Crippen LogP contribution in [-0.4, -0.2) is 39.1 Å². The predicted molar refractivity (Wildman–Crippen MR) is 86.2 cm³/mol. The minimum atomic E-state index is -1.31. The molecule has 6 heteroatoms. The van der Waals surface area contributed by atoms with Crippen LogP contribution in [0, 0.1) is 6.92 Å². The number of benzene rings is 1. The Morgan fingerprint density at radius 2 is 2.30 bits per heavy atom. The highest BCUT2D eigenvalue weighted by atomic mass is 16.6. The van der Waals surface area contributed by atoms with Gasteiger partial charge in [-0.05, 0) is 38.4 Å². The van der Waals surface area contributed by atoms with Crippen LogP contribution in [0.25, 0.3) is 10.9 Å². The van der Waals surface area contributed by atoms with Gasteiger partial charge in [0.1, 0.15) is 5.82 Å². The molecule has 2 N–H and O–H groups in total. The molecule has 6 nitrogen and oxygen atoms in total. The molecule has 2 aromatic rings. The zero-order valence-corrected chi connectivity index (χ0v) is 13.2. The van der Waals surface area contributed by atoms with Crippen molar-refractivity contribution in [3.05, 3.63) is 40.4 Å². The average Bonchev–Trinajstić information content (AvgIpc) is 2.88. The van der Waals surface area contributed by atoms with E-state index >= 15 is 0 Å². The Labute approximate surface area is 134 Å². The molecule has 23 heavy (non-hydrogen) atoms. The van der Waals surface area contributed by atoms with Crippen molar-refractivity contribution in [2.45, 2.75) is 50.7 Å². The molecule has 2 aliphatic heterocycles. The van der Waals surface area contributed by atoms with E-state index in [1.807, 2.05) is 18.2 Å². The maximum absolute atomic E-state index is 12.7. The van der Waals surface area contributed by atoms with Gasteiger partial charge in [0.25, 0.3) is 5.56 Å². The first-order valence-electron chi connectivity index (χ1n) is 8.15. The maximum Gasteiger partial charge on any atom is 0.261 e. The van der Waals surface area contributed by atoms with E-state index in [1.165, 1.54) is 4.57 Å². The Balaban J connectivity index is 1.69. The Hall–Kier alpha value is -1.76. The quantitative estimate of drug-likeness (QED) is 0.862. The largest absolute Gasteiger partial charge is 0.364 e. The summed E-state index contributed by atoms with van der Waals surface area (Å²) in [6.45, 7) is 2.86. The Morgan fingerprint density at radius 3 is 3.13 bits per heavy atom. The minimum Gasteiger partial charge on any atom is -0.364 e. The van der Waals surface area contributed by atoms with Gasteiger partial charge >= 0.3 is 0 Å². The van der Waals surface area contributed by atoms with Crippen LogP contribution in [0.5, 0.6) is 0 Å². The van der Waals surface area contributed by atoms with Crippen molar-refractivity contribution in [1.82, 2.24) is 14.9 Å². The van der Waals surface area contributed by atoms with E-state index in [-0.39, 0.29) is 24.2 Å². The molecular formula is C17H21N3O3. The summed E-state index contributed by atoms with van der Waals surface area (Å²) < 4.78 is 7.41. The smallest absolute Gasteiger partial charge is 0.261 e. The number of fused-ring (bicyclic) bond motifs is 2. The topological polar surface area (TPSA) is 76.4 Å². The molecule has 0 spiro atoms. The van der Waals surface area contributed by atoms with Gasteiger partial charge in [-0.1, -0.05) is 12.1 Å². The Morgan fingerprint density at radius 1 is 1.48 bits per heavy atom. The van der Waals surface area contributed by atoms with Crippen LogP contribution in [-0.2, 0) is 11.3 Å². The van der Waals surface area contributed by atoms with E-state index in [4.69, 9.17) is 4.74 Å². The first-order valence-corrected chi connectivity index (χ1v) is 8.15. The molecule has 2 fully saturated rings. The van der Waals surface area contributed by atoms with Gasteiger partial charge in [0, 0.05) is 12.5 Å². The lowest BCUT2D eigenvalue weighted by molar-refractivity contribution is -0.202. The third kappa shape index (κ3) is 2.56. The summed E-state index contributed by atoms with van der Waals surface area (Å²) in [5, 5.41) is 14.8. The number of ether oxygens (including phenoxy) is 1.